The van der Waals surface area contributed by atoms with Gasteiger partial charge in [-0.1, -0.05) is 48.9 Å². The van der Waals surface area contributed by atoms with Gasteiger partial charge in [0.2, 0.25) is 11.8 Å². The van der Waals surface area contributed by atoms with Gasteiger partial charge in [0.05, 0.1) is 29.2 Å². The number of fused-ring (bicyclic) bond motifs is 1. The second kappa shape index (κ2) is 14.4. The maximum atomic E-state index is 15.0. The number of likely N-dealkylation sites (tertiary alicyclic amines) is 1. The summed E-state index contributed by atoms with van der Waals surface area (Å²) in [5, 5.41) is 10.5. The zero-order valence-electron chi connectivity index (χ0n) is 26.8. The van der Waals surface area contributed by atoms with E-state index in [4.69, 9.17) is 0 Å². The molecule has 0 radical (unpaired) electrons. The highest BCUT2D eigenvalue weighted by Crippen LogP contribution is 2.68. The molecule has 1 N–H and O–H groups in total. The molecule has 10 heteroatoms. The molecule has 1 aromatic carbocycles. The number of amides is 3. The number of alkyl halides is 1. The van der Waals surface area contributed by atoms with E-state index < -0.39 is 28.7 Å². The number of rotatable bonds is 15. The van der Waals surface area contributed by atoms with Crippen LogP contribution in [0.1, 0.15) is 47.5 Å². The molecule has 2 bridgehead atoms. The van der Waals surface area contributed by atoms with Gasteiger partial charge in [-0.3, -0.25) is 14.4 Å². The van der Waals surface area contributed by atoms with Gasteiger partial charge in [-0.05, 0) is 56.9 Å². The van der Waals surface area contributed by atoms with Crippen LogP contribution in [0, 0.1) is 17.8 Å². The van der Waals surface area contributed by atoms with Crippen molar-refractivity contribution in [3.05, 3.63) is 49.6 Å². The third kappa shape index (κ3) is 5.86. The SMILES string of the molecule is C=CCN(CCC)C(=O)[C@H]1[C@@H]2SC3(CC2Br)C(C(=O)N(CC=C)c2ccc(N(CC)CC)cc2)N([C@@H](CO)C(C)C)C(=O)[C@H]13. The summed E-state index contributed by atoms with van der Waals surface area (Å²) < 4.78 is -0.803. The number of carbonyl (C=O) groups is 3. The number of anilines is 2. The van der Waals surface area contributed by atoms with E-state index in [0.717, 1.165) is 30.9 Å². The molecule has 0 saturated carbocycles. The van der Waals surface area contributed by atoms with Crippen molar-refractivity contribution in [1.29, 1.82) is 0 Å². The molecule has 1 aromatic rings. The smallest absolute Gasteiger partial charge is 0.251 e. The topological polar surface area (TPSA) is 84.4 Å². The van der Waals surface area contributed by atoms with Crippen LogP contribution < -0.4 is 9.80 Å². The molecule has 44 heavy (non-hydrogen) atoms. The molecule has 3 unspecified atom stereocenters. The Kier molecular flexibility index (Phi) is 11.3. The zero-order valence-corrected chi connectivity index (χ0v) is 29.2. The van der Waals surface area contributed by atoms with E-state index in [-0.39, 0.29) is 46.9 Å². The molecule has 8 nitrogen and oxygen atoms in total. The maximum absolute atomic E-state index is 15.0. The highest BCUT2D eigenvalue weighted by Gasteiger charge is 2.76. The number of benzene rings is 1. The molecule has 3 fully saturated rings. The van der Waals surface area contributed by atoms with Gasteiger partial charge in [0, 0.05) is 54.2 Å². The Balaban J connectivity index is 1.82. The Morgan fingerprint density at radius 2 is 1.70 bits per heavy atom. The zero-order chi connectivity index (χ0) is 32.3. The molecule has 3 saturated heterocycles. The van der Waals surface area contributed by atoms with Crippen molar-refractivity contribution in [3.8, 4) is 0 Å². The van der Waals surface area contributed by atoms with Crippen LogP contribution in [0.2, 0.25) is 0 Å². The fraction of sp³-hybridized carbons (Fsp3) is 0.618. The largest absolute Gasteiger partial charge is 0.394 e. The quantitative estimate of drug-likeness (QED) is 0.207. The van der Waals surface area contributed by atoms with Gasteiger partial charge in [0.1, 0.15) is 6.04 Å². The Labute approximate surface area is 276 Å². The number of aliphatic hydroxyl groups is 1. The monoisotopic (exact) mass is 688 g/mol. The van der Waals surface area contributed by atoms with Crippen LogP contribution in [0.4, 0.5) is 11.4 Å². The van der Waals surface area contributed by atoms with Crippen molar-refractivity contribution in [2.45, 2.75) is 74.4 Å². The lowest BCUT2D eigenvalue weighted by Crippen LogP contribution is -2.59. The van der Waals surface area contributed by atoms with E-state index in [9.17, 15) is 19.5 Å². The molecule has 4 rings (SSSR count). The second-order valence-corrected chi connectivity index (χ2v) is 15.1. The van der Waals surface area contributed by atoms with Gasteiger partial charge in [-0.2, -0.15) is 0 Å². The van der Waals surface area contributed by atoms with Crippen LogP contribution in [0.5, 0.6) is 0 Å². The molecule has 7 atom stereocenters. The number of aliphatic hydroxyl groups excluding tert-OH is 1. The molecule has 0 aromatic heterocycles. The lowest BCUT2D eigenvalue weighted by atomic mass is 9.70. The molecule has 1 spiro atoms. The number of hydrogen-bond donors (Lipinski definition) is 1. The normalized spacial score (nSPS) is 27.8. The van der Waals surface area contributed by atoms with Crippen LogP contribution in [0.3, 0.4) is 0 Å². The van der Waals surface area contributed by atoms with Gasteiger partial charge in [-0.25, -0.2) is 0 Å². The van der Waals surface area contributed by atoms with E-state index in [1.54, 1.807) is 38.6 Å². The van der Waals surface area contributed by atoms with Crippen molar-refractivity contribution < 1.29 is 19.5 Å². The average Bonchev–Trinajstić information content (AvgIpc) is 3.60. The number of halogens is 1. The number of thioether (sulfide) groups is 1. The van der Waals surface area contributed by atoms with Crippen LogP contribution in [0.15, 0.2) is 49.6 Å². The third-order valence-electron chi connectivity index (χ3n) is 9.58. The third-order valence-corrected chi connectivity index (χ3v) is 12.8. The first-order valence-electron chi connectivity index (χ1n) is 16.0. The molecule has 3 amide bonds. The van der Waals surface area contributed by atoms with E-state index >= 15 is 0 Å². The molecule has 3 aliphatic rings. The molecular weight excluding hydrogens is 640 g/mol. The molecular formula is C34H49BrN4O4S. The summed E-state index contributed by atoms with van der Waals surface area (Å²) in [6, 6.07) is 6.55. The Morgan fingerprint density at radius 1 is 1.09 bits per heavy atom. The van der Waals surface area contributed by atoms with Gasteiger partial charge in [0.25, 0.3) is 5.91 Å². The lowest BCUT2D eigenvalue weighted by Gasteiger charge is -2.41. The first-order chi connectivity index (χ1) is 21.1. The van der Waals surface area contributed by atoms with E-state index in [1.807, 2.05) is 45.0 Å². The molecule has 3 heterocycles. The number of nitrogens with zero attached hydrogens (tertiary/aromatic N) is 4. The summed E-state index contributed by atoms with van der Waals surface area (Å²) in [6.45, 7) is 20.7. The molecule has 3 aliphatic heterocycles. The van der Waals surface area contributed by atoms with Crippen LogP contribution in [0.25, 0.3) is 0 Å². The summed E-state index contributed by atoms with van der Waals surface area (Å²) in [5.41, 5.74) is 1.80. The minimum absolute atomic E-state index is 0.0270. The van der Waals surface area contributed by atoms with Crippen LogP contribution >= 0.6 is 27.7 Å². The average molecular weight is 690 g/mol. The van der Waals surface area contributed by atoms with Gasteiger partial charge < -0.3 is 24.7 Å². The van der Waals surface area contributed by atoms with Crippen molar-refractivity contribution >= 4 is 56.8 Å². The van der Waals surface area contributed by atoms with Crippen molar-refractivity contribution in [2.24, 2.45) is 17.8 Å². The van der Waals surface area contributed by atoms with Gasteiger partial charge in [-0.15, -0.1) is 24.9 Å². The second-order valence-electron chi connectivity index (χ2n) is 12.4. The maximum Gasteiger partial charge on any atom is 0.251 e. The van der Waals surface area contributed by atoms with Crippen LogP contribution in [-0.4, -0.2) is 98.9 Å². The van der Waals surface area contributed by atoms with E-state index in [2.05, 4.69) is 47.8 Å². The summed E-state index contributed by atoms with van der Waals surface area (Å²) in [4.78, 5) is 51.2. The first-order valence-corrected chi connectivity index (χ1v) is 17.8. The molecule has 0 aliphatic carbocycles. The predicted molar refractivity (Wildman–Crippen MR) is 184 cm³/mol. The fourth-order valence-electron chi connectivity index (χ4n) is 7.57. The Hall–Kier alpha value is -2.30. The number of carbonyl (C=O) groups excluding carboxylic acids is 3. The standard InChI is InChI=1S/C34H49BrN4O4S/c1-8-17-37(18-9-2)31(41)27-28-32(42)39(26(21-40)22(6)7)30(34(28)20-25(35)29(27)44-34)33(43)38(19-10-3)24-15-13-23(14-16-24)36(11-4)12-5/h8,10,13-16,22,25-30,40H,1,3,9,11-12,17-21H2,2,4-7H3/t25?,26-,27+,28-,29+,30?,34?/m0/s1. The van der Waals surface area contributed by atoms with Crippen LogP contribution in [-0.2, 0) is 14.4 Å². The van der Waals surface area contributed by atoms with E-state index in [1.165, 1.54) is 0 Å². The number of hydrogen-bond acceptors (Lipinski definition) is 6. The summed E-state index contributed by atoms with van der Waals surface area (Å²) >= 11 is 5.50. The lowest BCUT2D eigenvalue weighted by molar-refractivity contribution is -0.146. The molecule has 242 valence electrons. The highest BCUT2D eigenvalue weighted by molar-refractivity contribution is 9.09. The fourth-order valence-corrected chi connectivity index (χ4v) is 11.2. The minimum Gasteiger partial charge on any atom is -0.394 e. The van der Waals surface area contributed by atoms with Gasteiger partial charge >= 0.3 is 0 Å². The van der Waals surface area contributed by atoms with E-state index in [0.29, 0.717) is 19.5 Å². The highest BCUT2D eigenvalue weighted by atomic mass is 79.9. The van der Waals surface area contributed by atoms with Crippen molar-refractivity contribution in [1.82, 2.24) is 9.80 Å². The Bertz CT molecular complexity index is 1220. The van der Waals surface area contributed by atoms with Crippen molar-refractivity contribution in [2.75, 3.05) is 49.1 Å². The van der Waals surface area contributed by atoms with Gasteiger partial charge in [0.15, 0.2) is 0 Å². The van der Waals surface area contributed by atoms with Crippen molar-refractivity contribution in [3.63, 3.8) is 0 Å². The minimum atomic E-state index is -0.839. The first kappa shape index (κ1) is 34.6. The Morgan fingerprint density at radius 3 is 2.23 bits per heavy atom. The summed E-state index contributed by atoms with van der Waals surface area (Å²) in [7, 11) is 0. The summed E-state index contributed by atoms with van der Waals surface area (Å²) in [6.07, 6.45) is 4.81. The predicted octanol–water partition coefficient (Wildman–Crippen LogP) is 4.96. The summed E-state index contributed by atoms with van der Waals surface area (Å²) in [5.74, 6) is -1.77.